The number of carbonyl (C=O) groups is 1. The van der Waals surface area contributed by atoms with Gasteiger partial charge in [-0.2, -0.15) is 5.10 Å². The van der Waals surface area contributed by atoms with Gasteiger partial charge >= 0.3 is 0 Å². The Bertz CT molecular complexity index is 2040. The molecule has 11 heteroatoms. The van der Waals surface area contributed by atoms with Crippen LogP contribution >= 0.6 is 0 Å². The number of para-hydroxylation sites is 1. The Kier molecular flexibility index (Phi) is 6.94. The molecule has 45 heavy (non-hydrogen) atoms. The number of fused-ring (bicyclic) bond motifs is 2. The van der Waals surface area contributed by atoms with Gasteiger partial charge < -0.3 is 15.0 Å². The van der Waals surface area contributed by atoms with Crippen molar-refractivity contribution in [3.8, 4) is 39.7 Å². The molecule has 0 atom stereocenters. The van der Waals surface area contributed by atoms with Gasteiger partial charge in [-0.1, -0.05) is 12.1 Å². The summed E-state index contributed by atoms with van der Waals surface area (Å²) in [5.41, 5.74) is 6.47. The minimum absolute atomic E-state index is 0.0262. The molecular formula is C34H31FN8O2. The second-order valence-electron chi connectivity index (χ2n) is 11.8. The summed E-state index contributed by atoms with van der Waals surface area (Å²) in [6, 6.07) is 14.4. The van der Waals surface area contributed by atoms with E-state index in [4.69, 9.17) is 9.72 Å². The lowest BCUT2D eigenvalue weighted by atomic mass is 10.0. The van der Waals surface area contributed by atoms with Crippen LogP contribution in [-0.4, -0.2) is 67.2 Å². The summed E-state index contributed by atoms with van der Waals surface area (Å²) in [6.45, 7) is 3.53. The van der Waals surface area contributed by atoms with E-state index in [2.05, 4.69) is 35.4 Å². The van der Waals surface area contributed by atoms with Crippen LogP contribution in [0.4, 0.5) is 10.1 Å². The molecule has 0 spiro atoms. The highest BCUT2D eigenvalue weighted by atomic mass is 19.1. The van der Waals surface area contributed by atoms with E-state index in [0.29, 0.717) is 46.3 Å². The molecule has 1 aliphatic carbocycles. The molecule has 1 aliphatic heterocycles. The fourth-order valence-corrected chi connectivity index (χ4v) is 5.97. The van der Waals surface area contributed by atoms with Gasteiger partial charge in [0.15, 0.2) is 5.82 Å². The van der Waals surface area contributed by atoms with Crippen molar-refractivity contribution in [3.05, 3.63) is 72.9 Å². The third-order valence-corrected chi connectivity index (χ3v) is 8.49. The predicted molar refractivity (Wildman–Crippen MR) is 170 cm³/mol. The maximum atomic E-state index is 14.8. The average Bonchev–Trinajstić information content (AvgIpc) is 3.40. The molecule has 5 heterocycles. The predicted octanol–water partition coefficient (Wildman–Crippen LogP) is 6.19. The zero-order valence-electron chi connectivity index (χ0n) is 24.5. The van der Waals surface area contributed by atoms with Gasteiger partial charge in [0, 0.05) is 41.2 Å². The minimum Gasteiger partial charge on any atom is -0.492 e. The van der Waals surface area contributed by atoms with E-state index < -0.39 is 0 Å². The maximum absolute atomic E-state index is 14.8. The second-order valence-corrected chi connectivity index (χ2v) is 11.8. The Hall–Kier alpha value is -5.16. The van der Waals surface area contributed by atoms with Crippen LogP contribution in [0.1, 0.15) is 25.7 Å². The van der Waals surface area contributed by atoms with Crippen LogP contribution in [-0.2, 0) is 4.79 Å². The molecule has 2 aliphatic rings. The Morgan fingerprint density at radius 1 is 1.02 bits per heavy atom. The van der Waals surface area contributed by atoms with Crippen molar-refractivity contribution in [2.24, 2.45) is 5.92 Å². The summed E-state index contributed by atoms with van der Waals surface area (Å²) in [5, 5.41) is 11.4. The van der Waals surface area contributed by atoms with Crippen LogP contribution < -0.4 is 10.1 Å². The summed E-state index contributed by atoms with van der Waals surface area (Å²) in [4.78, 5) is 31.9. The third kappa shape index (κ3) is 5.62. The summed E-state index contributed by atoms with van der Waals surface area (Å²) in [5.74, 6) is 0.837. The number of halogens is 1. The van der Waals surface area contributed by atoms with Gasteiger partial charge in [0.1, 0.15) is 23.9 Å². The summed E-state index contributed by atoms with van der Waals surface area (Å²) in [6.07, 6.45) is 9.39. The normalized spacial score (nSPS) is 15.2. The number of aromatic nitrogens is 6. The molecule has 2 fully saturated rings. The van der Waals surface area contributed by atoms with Crippen molar-refractivity contribution in [1.82, 2.24) is 35.0 Å². The second kappa shape index (κ2) is 11.4. The van der Waals surface area contributed by atoms with Crippen LogP contribution in [0.5, 0.6) is 5.75 Å². The number of nitrogens with zero attached hydrogens (tertiary/aromatic N) is 5. The number of aromatic amines is 2. The first-order valence-corrected chi connectivity index (χ1v) is 15.3. The molecule has 226 valence electrons. The number of carbonyl (C=O) groups excluding carboxylic acids is 1. The average molecular weight is 603 g/mol. The zero-order valence-corrected chi connectivity index (χ0v) is 24.5. The number of imidazole rings is 1. The van der Waals surface area contributed by atoms with Gasteiger partial charge in [0.05, 0.1) is 40.3 Å². The number of benzene rings is 2. The fraction of sp³-hybridized carbons (Fsp3) is 0.265. The molecule has 3 N–H and O–H groups in total. The van der Waals surface area contributed by atoms with Crippen molar-refractivity contribution in [2.75, 3.05) is 31.6 Å². The van der Waals surface area contributed by atoms with Crippen LogP contribution in [0.15, 0.2) is 67.1 Å². The molecule has 1 saturated heterocycles. The largest absolute Gasteiger partial charge is 0.492 e. The number of anilines is 1. The number of rotatable bonds is 9. The van der Waals surface area contributed by atoms with E-state index in [-0.39, 0.29) is 17.6 Å². The number of nitrogens with one attached hydrogen (secondary N) is 3. The van der Waals surface area contributed by atoms with Crippen molar-refractivity contribution >= 4 is 33.5 Å². The number of hydrogen-bond donors (Lipinski definition) is 3. The van der Waals surface area contributed by atoms with Gasteiger partial charge in [-0.3, -0.25) is 24.8 Å². The highest BCUT2D eigenvalue weighted by Gasteiger charge is 2.29. The van der Waals surface area contributed by atoms with Gasteiger partial charge in [-0.15, -0.1) is 0 Å². The Balaban J connectivity index is 1.10. The van der Waals surface area contributed by atoms with Gasteiger partial charge in [0.25, 0.3) is 0 Å². The zero-order chi connectivity index (χ0) is 30.3. The molecule has 8 rings (SSSR count). The molecule has 0 radical (unpaired) electrons. The summed E-state index contributed by atoms with van der Waals surface area (Å²) < 4.78 is 20.8. The van der Waals surface area contributed by atoms with E-state index in [9.17, 15) is 9.18 Å². The molecular weight excluding hydrogens is 571 g/mol. The number of ether oxygens (including phenoxy) is 1. The van der Waals surface area contributed by atoms with Crippen molar-refractivity contribution in [2.45, 2.75) is 25.7 Å². The van der Waals surface area contributed by atoms with E-state index in [1.165, 1.54) is 25.0 Å². The number of hydrogen-bond acceptors (Lipinski definition) is 7. The number of likely N-dealkylation sites (tertiary alicyclic amines) is 1. The lowest BCUT2D eigenvalue weighted by Crippen LogP contribution is -2.25. The van der Waals surface area contributed by atoms with E-state index in [1.54, 1.807) is 18.6 Å². The summed E-state index contributed by atoms with van der Waals surface area (Å²) >= 11 is 0. The van der Waals surface area contributed by atoms with Crippen molar-refractivity contribution < 1.29 is 13.9 Å². The van der Waals surface area contributed by atoms with Crippen LogP contribution in [0.3, 0.4) is 0 Å². The third-order valence-electron chi connectivity index (χ3n) is 8.49. The van der Waals surface area contributed by atoms with Gasteiger partial charge in [0.2, 0.25) is 5.91 Å². The van der Waals surface area contributed by atoms with Crippen LogP contribution in [0, 0.1) is 11.7 Å². The molecule has 4 aromatic heterocycles. The number of amides is 1. The molecule has 0 bridgehead atoms. The standard InChI is InChI=1S/C34H31FN8O2/c35-23-12-21(14-25(15-23)45-11-10-43-8-1-2-9-43)26-4-3-5-28-31(26)40-33(39-28)32-27-16-29(37-19-30(27)41-42-32)22-13-24(18-36-17-22)38-34(44)20-6-7-20/h3-5,12-20H,1-2,6-11H2,(H,38,44)(H,39,40)(H,41,42). The van der Waals surface area contributed by atoms with E-state index in [1.807, 2.05) is 36.4 Å². The van der Waals surface area contributed by atoms with Gasteiger partial charge in [-0.25, -0.2) is 9.37 Å². The molecule has 1 saturated carbocycles. The monoisotopic (exact) mass is 602 g/mol. The topological polar surface area (TPSA) is 125 Å². The Labute approximate surface area is 258 Å². The molecule has 10 nitrogen and oxygen atoms in total. The Morgan fingerprint density at radius 2 is 1.91 bits per heavy atom. The van der Waals surface area contributed by atoms with Crippen LogP contribution in [0.2, 0.25) is 0 Å². The maximum Gasteiger partial charge on any atom is 0.227 e. The quantitative estimate of drug-likeness (QED) is 0.180. The Morgan fingerprint density at radius 3 is 2.78 bits per heavy atom. The smallest absolute Gasteiger partial charge is 0.227 e. The SMILES string of the molecule is O=C(Nc1cncc(-c2cc3c(-c4nc5c(-c6cc(F)cc(OCCN7CCCC7)c6)cccc5[nH]4)n[nH]c3cn2)c1)C1CC1. The van der Waals surface area contributed by atoms with E-state index in [0.717, 1.165) is 60.0 Å². The number of pyridine rings is 2. The lowest BCUT2D eigenvalue weighted by molar-refractivity contribution is -0.117. The molecule has 0 unspecified atom stereocenters. The number of H-pyrrole nitrogens is 2. The first-order valence-electron chi connectivity index (χ1n) is 15.3. The molecule has 1 amide bonds. The highest BCUT2D eigenvalue weighted by molar-refractivity contribution is 5.98. The van der Waals surface area contributed by atoms with Crippen molar-refractivity contribution in [3.63, 3.8) is 0 Å². The van der Waals surface area contributed by atoms with Crippen LogP contribution in [0.25, 0.3) is 55.8 Å². The first kappa shape index (κ1) is 27.4. The molecule has 6 aromatic rings. The lowest BCUT2D eigenvalue weighted by Gasteiger charge is -2.15. The van der Waals surface area contributed by atoms with Gasteiger partial charge in [-0.05, 0) is 74.7 Å². The highest BCUT2D eigenvalue weighted by Crippen LogP contribution is 2.35. The first-order chi connectivity index (χ1) is 22.1. The fourth-order valence-electron chi connectivity index (χ4n) is 5.97. The molecule has 2 aromatic carbocycles. The summed E-state index contributed by atoms with van der Waals surface area (Å²) in [7, 11) is 0. The minimum atomic E-state index is -0.361. The van der Waals surface area contributed by atoms with E-state index >= 15 is 0 Å². The van der Waals surface area contributed by atoms with Crippen molar-refractivity contribution in [1.29, 1.82) is 0 Å².